The van der Waals surface area contributed by atoms with Gasteiger partial charge in [-0.15, -0.1) is 0 Å². The van der Waals surface area contributed by atoms with Gasteiger partial charge >= 0.3 is 0 Å². The van der Waals surface area contributed by atoms with E-state index < -0.39 is 20.1 Å². The first-order valence-electron chi connectivity index (χ1n) is 18.6. The van der Waals surface area contributed by atoms with Gasteiger partial charge in [0.1, 0.15) is 0 Å². The van der Waals surface area contributed by atoms with Gasteiger partial charge in [-0.2, -0.15) is 0 Å². The van der Waals surface area contributed by atoms with Gasteiger partial charge in [0.2, 0.25) is 0 Å². The van der Waals surface area contributed by atoms with E-state index in [9.17, 15) is 0 Å². The minimum Gasteiger partial charge on any atom is -0.311 e. The predicted octanol–water partition coefficient (Wildman–Crippen LogP) is 14.9. The molecule has 0 heterocycles. The molecule has 0 fully saturated rings. The lowest BCUT2D eigenvalue weighted by Gasteiger charge is -2.26. The fourth-order valence-electron chi connectivity index (χ4n) is 6.19. The molecule has 1 nitrogen and oxygen atoms in total. The fraction of sp³-hybridized carbons (Fsp3) is 0.176. The second-order valence-electron chi connectivity index (χ2n) is 15.7. The normalized spacial score (nSPS) is 13.0. The Kier molecular flexibility index (Phi) is 12.2. The van der Waals surface area contributed by atoms with Gasteiger partial charge in [-0.1, -0.05) is 135 Å². The molecule has 0 amide bonds. The van der Waals surface area contributed by atoms with E-state index in [-0.39, 0.29) is 0 Å². The van der Waals surface area contributed by atoms with Crippen LogP contribution in [0.2, 0.25) is 0 Å². The largest absolute Gasteiger partial charge is 0.311 e. The summed E-state index contributed by atoms with van der Waals surface area (Å²) in [5.74, 6) is 0.535. The highest BCUT2D eigenvalue weighted by atomic mass is 32.3. The van der Waals surface area contributed by atoms with Crippen molar-refractivity contribution in [2.45, 2.75) is 29.6 Å². The number of benzene rings is 6. The molecule has 0 radical (unpaired) electrons. The van der Waals surface area contributed by atoms with Crippen LogP contribution in [-0.4, -0.2) is 37.5 Å². The van der Waals surface area contributed by atoms with Crippen LogP contribution in [0, 0.1) is 0 Å². The lowest BCUT2D eigenvalue weighted by Crippen LogP contribution is -2.09. The van der Waals surface area contributed by atoms with Crippen LogP contribution in [0.1, 0.15) is 58.7 Å². The zero-order valence-electron chi connectivity index (χ0n) is 33.2. The Balaban J connectivity index is 1.24. The third kappa shape index (κ3) is 10.4. The molecule has 3 heteroatoms. The van der Waals surface area contributed by atoms with Crippen LogP contribution in [-0.2, 0) is 0 Å². The Morgan fingerprint density at radius 3 is 0.778 bits per heavy atom. The molecule has 0 bridgehead atoms. The molecule has 54 heavy (non-hydrogen) atoms. The number of hydrogen-bond acceptors (Lipinski definition) is 1. The zero-order chi connectivity index (χ0) is 38.3. The first-order valence-corrected chi connectivity index (χ1v) is 24.3. The lowest BCUT2D eigenvalue weighted by atomic mass is 10.0. The van der Waals surface area contributed by atoms with Crippen LogP contribution in [0.5, 0.6) is 0 Å². The first kappa shape index (κ1) is 38.8. The first-order chi connectivity index (χ1) is 25.8. The van der Waals surface area contributed by atoms with E-state index >= 15 is 0 Å². The summed E-state index contributed by atoms with van der Waals surface area (Å²) in [5.41, 5.74) is 11.8. The van der Waals surface area contributed by atoms with Crippen molar-refractivity contribution in [3.8, 4) is 0 Å². The number of anilines is 3. The average Bonchev–Trinajstić information content (AvgIpc) is 3.17. The second kappa shape index (κ2) is 17.0. The Morgan fingerprint density at radius 2 is 0.556 bits per heavy atom. The van der Waals surface area contributed by atoms with Crippen LogP contribution < -0.4 is 4.90 Å². The van der Waals surface area contributed by atoms with Crippen molar-refractivity contribution in [3.05, 3.63) is 185 Å². The van der Waals surface area contributed by atoms with Gasteiger partial charge in [0.05, 0.1) is 0 Å². The maximum Gasteiger partial charge on any atom is 0.0462 e. The minimum atomic E-state index is -0.724. The van der Waals surface area contributed by atoms with Crippen molar-refractivity contribution >= 4 is 73.6 Å². The summed E-state index contributed by atoms with van der Waals surface area (Å²) in [6, 6.07) is 53.4. The second-order valence-corrected chi connectivity index (χ2v) is 24.0. The van der Waals surface area contributed by atoms with Gasteiger partial charge in [-0.25, -0.2) is 20.1 Å². The monoisotopic (exact) mass is 745 g/mol. The molecule has 0 saturated heterocycles. The minimum absolute atomic E-state index is 0.535. The molecule has 0 atom stereocenters. The molecule has 0 saturated carbocycles. The molecule has 0 aliphatic rings. The number of rotatable bonds is 12. The molecule has 6 aromatic carbocycles. The quantitative estimate of drug-likeness (QED) is 0.113. The summed E-state index contributed by atoms with van der Waals surface area (Å²) in [7, 11) is -1.45. The SMILES string of the molecule is CC(C)c1ccc(/C=C/c2ccc(N(c3ccc(/C=C/c4ccc(S(C)(C)C)cc4)cc3)c3ccc(/C=C/c4ccc(S(C)(C)C)cc4)cc3)cc2)cc1. The number of nitrogens with zero attached hydrogens (tertiary/aromatic N) is 1. The maximum atomic E-state index is 2.34. The molecular weight excluding hydrogens is 691 g/mol. The Hall–Kier alpha value is -4.96. The molecule has 6 aromatic rings. The molecule has 0 aromatic heterocycles. The van der Waals surface area contributed by atoms with Crippen molar-refractivity contribution in [1.82, 2.24) is 0 Å². The summed E-state index contributed by atoms with van der Waals surface area (Å²) in [6.45, 7) is 4.46. The van der Waals surface area contributed by atoms with E-state index in [0.717, 1.165) is 17.1 Å². The van der Waals surface area contributed by atoms with Crippen molar-refractivity contribution in [2.75, 3.05) is 42.4 Å². The molecule has 0 aliphatic carbocycles. The Labute approximate surface area is 328 Å². The molecule has 6 rings (SSSR count). The molecule has 0 N–H and O–H groups in total. The zero-order valence-corrected chi connectivity index (χ0v) is 34.8. The van der Waals surface area contributed by atoms with Crippen LogP contribution in [0.15, 0.2) is 155 Å². The smallest absolute Gasteiger partial charge is 0.0462 e. The van der Waals surface area contributed by atoms with Crippen LogP contribution >= 0.6 is 20.1 Å². The van der Waals surface area contributed by atoms with E-state index in [1.54, 1.807) is 0 Å². The Bertz CT molecular complexity index is 2080. The predicted molar refractivity (Wildman–Crippen MR) is 249 cm³/mol. The number of hydrogen-bond donors (Lipinski definition) is 0. The van der Waals surface area contributed by atoms with Crippen LogP contribution in [0.3, 0.4) is 0 Å². The fourth-order valence-corrected chi connectivity index (χ4v) is 8.10. The van der Waals surface area contributed by atoms with E-state index in [2.05, 4.69) is 238 Å². The van der Waals surface area contributed by atoms with Crippen molar-refractivity contribution < 1.29 is 0 Å². The van der Waals surface area contributed by atoms with Crippen molar-refractivity contribution in [2.24, 2.45) is 0 Å². The van der Waals surface area contributed by atoms with Gasteiger partial charge in [0, 0.05) is 17.1 Å². The summed E-state index contributed by atoms with van der Waals surface area (Å²) < 4.78 is 0. The Morgan fingerprint density at radius 1 is 0.333 bits per heavy atom. The topological polar surface area (TPSA) is 3.24 Å². The maximum absolute atomic E-state index is 2.34. The van der Waals surface area contributed by atoms with Crippen molar-refractivity contribution in [1.29, 1.82) is 0 Å². The summed E-state index contributed by atoms with van der Waals surface area (Å²) in [5, 5.41) is 0. The van der Waals surface area contributed by atoms with E-state index in [0.29, 0.717) is 5.92 Å². The highest BCUT2D eigenvalue weighted by Gasteiger charge is 2.13. The van der Waals surface area contributed by atoms with Gasteiger partial charge < -0.3 is 4.90 Å². The molecule has 0 unspecified atom stereocenters. The lowest BCUT2D eigenvalue weighted by molar-refractivity contribution is 0.866. The van der Waals surface area contributed by atoms with E-state index in [4.69, 9.17) is 0 Å². The highest BCUT2D eigenvalue weighted by molar-refractivity contribution is 8.32. The summed E-state index contributed by atoms with van der Waals surface area (Å²) in [6.07, 6.45) is 27.2. The third-order valence-electron chi connectivity index (χ3n) is 9.64. The summed E-state index contributed by atoms with van der Waals surface area (Å²) >= 11 is 0. The van der Waals surface area contributed by atoms with E-state index in [1.807, 2.05) is 0 Å². The average molecular weight is 746 g/mol. The van der Waals surface area contributed by atoms with Gasteiger partial charge in [-0.05, 0) is 153 Å². The summed E-state index contributed by atoms with van der Waals surface area (Å²) in [4.78, 5) is 5.20. The molecule has 0 spiro atoms. The van der Waals surface area contributed by atoms with Crippen LogP contribution in [0.25, 0.3) is 36.5 Å². The van der Waals surface area contributed by atoms with Gasteiger partial charge in [-0.3, -0.25) is 0 Å². The molecule has 0 aliphatic heterocycles. The molecular formula is C51H55NS2. The van der Waals surface area contributed by atoms with Crippen molar-refractivity contribution in [3.63, 3.8) is 0 Å². The van der Waals surface area contributed by atoms with Gasteiger partial charge in [0.25, 0.3) is 0 Å². The standard InChI is InChI=1S/C51H55NS2/c1-39(2)46-27-15-40(16-28-46)9-10-41-17-29-47(30-18-41)52(48-31-19-42(20-32-48)11-13-44-23-35-50(36-24-44)53(3,4)5)49-33-21-43(22-34-49)12-14-45-25-37-51(38-26-45)54(6,7)8/h9-39H,1-8H3/b10-9+,13-11+,14-12+. The highest BCUT2D eigenvalue weighted by Crippen LogP contribution is 2.45. The van der Waals surface area contributed by atoms with E-state index in [1.165, 1.54) is 48.7 Å². The third-order valence-corrected chi connectivity index (χ3v) is 13.0. The van der Waals surface area contributed by atoms with Crippen LogP contribution in [0.4, 0.5) is 17.1 Å². The molecule has 276 valence electrons. The van der Waals surface area contributed by atoms with Gasteiger partial charge in [0.15, 0.2) is 0 Å².